The highest BCUT2D eigenvalue weighted by atomic mass is 16.5. The number of esters is 1. The highest BCUT2D eigenvalue weighted by molar-refractivity contribution is 5.91. The Morgan fingerprint density at radius 2 is 1.90 bits per heavy atom. The number of fused-ring (bicyclic) bond motifs is 6. The van der Waals surface area contributed by atoms with E-state index in [-0.39, 0.29) is 22.9 Å². The third-order valence-electron chi connectivity index (χ3n) is 11.2. The van der Waals surface area contributed by atoms with Gasteiger partial charge in [-0.15, -0.1) is 0 Å². The zero-order valence-corrected chi connectivity index (χ0v) is 18.8. The lowest BCUT2D eigenvalue weighted by atomic mass is 9.38. The molecule has 6 aliphatic rings. The van der Waals surface area contributed by atoms with E-state index in [4.69, 9.17) is 9.47 Å². The van der Waals surface area contributed by atoms with Gasteiger partial charge in [0.2, 0.25) is 0 Å². The van der Waals surface area contributed by atoms with Gasteiger partial charge in [0, 0.05) is 11.0 Å². The predicted molar refractivity (Wildman–Crippen MR) is 112 cm³/mol. The second-order valence-corrected chi connectivity index (χ2v) is 12.0. The van der Waals surface area contributed by atoms with Crippen molar-refractivity contribution < 1.29 is 14.3 Å². The Labute approximate surface area is 175 Å². The minimum absolute atomic E-state index is 0.114. The molecule has 4 saturated carbocycles. The number of hydrogen-bond acceptors (Lipinski definition) is 3. The summed E-state index contributed by atoms with van der Waals surface area (Å²) in [7, 11) is 1.50. The Hall–Kier alpha value is -1.09. The van der Waals surface area contributed by atoms with E-state index in [2.05, 4.69) is 33.8 Å². The summed E-state index contributed by atoms with van der Waals surface area (Å²) in [6.07, 6.45) is 11.4. The molecule has 8 atom stereocenters. The molecule has 5 aliphatic carbocycles. The first-order chi connectivity index (χ1) is 13.7. The van der Waals surface area contributed by atoms with Crippen molar-refractivity contribution in [1.29, 1.82) is 0 Å². The van der Waals surface area contributed by atoms with E-state index in [1.165, 1.54) is 44.8 Å². The Morgan fingerprint density at radius 1 is 1.10 bits per heavy atom. The number of hydrogen-bond donors (Lipinski definition) is 0. The smallest absolute Gasteiger partial charge is 0.334 e. The summed E-state index contributed by atoms with van der Waals surface area (Å²) in [4.78, 5) is 12.5. The van der Waals surface area contributed by atoms with Crippen molar-refractivity contribution in [2.45, 2.75) is 78.7 Å². The topological polar surface area (TPSA) is 35.5 Å². The maximum atomic E-state index is 12.5. The SMILES string of the molecule is COC(=O)C1=C2CO[C@H]3C[C@@H]4[C@@]5(C)CC[C@H]6C[C@@]6(C)[C@@H]5CC[C@@]4(C)C(=CC1)[C@@]23C. The molecule has 0 spiro atoms. The largest absolute Gasteiger partial charge is 0.466 e. The molecule has 29 heavy (non-hydrogen) atoms. The first kappa shape index (κ1) is 18.7. The molecular formula is C26H36O3. The van der Waals surface area contributed by atoms with Crippen LogP contribution in [0.5, 0.6) is 0 Å². The fourth-order valence-corrected chi connectivity index (χ4v) is 9.66. The Bertz CT molecular complexity index is 869. The second-order valence-electron chi connectivity index (χ2n) is 12.0. The maximum absolute atomic E-state index is 12.5. The van der Waals surface area contributed by atoms with Crippen LogP contribution in [0.2, 0.25) is 0 Å². The van der Waals surface area contributed by atoms with E-state index < -0.39 is 0 Å². The van der Waals surface area contributed by atoms with Crippen molar-refractivity contribution in [2.75, 3.05) is 13.7 Å². The minimum Gasteiger partial charge on any atom is -0.466 e. The Kier molecular flexibility index (Phi) is 3.47. The molecule has 0 N–H and O–H groups in total. The van der Waals surface area contributed by atoms with Crippen LogP contribution in [0.15, 0.2) is 22.8 Å². The van der Waals surface area contributed by atoms with Gasteiger partial charge in [-0.05, 0) is 91.4 Å². The second kappa shape index (κ2) is 5.39. The van der Waals surface area contributed by atoms with Gasteiger partial charge in [0.05, 0.1) is 19.8 Å². The number of rotatable bonds is 1. The summed E-state index contributed by atoms with van der Waals surface area (Å²) < 4.78 is 11.6. The lowest BCUT2D eigenvalue weighted by Crippen LogP contribution is -2.60. The van der Waals surface area contributed by atoms with Crippen molar-refractivity contribution >= 4 is 5.97 Å². The van der Waals surface area contributed by atoms with Crippen molar-refractivity contribution in [1.82, 2.24) is 0 Å². The molecule has 5 fully saturated rings. The number of carbonyl (C=O) groups excluding carboxylic acids is 1. The molecule has 1 saturated heterocycles. The lowest BCUT2D eigenvalue weighted by molar-refractivity contribution is -0.140. The van der Waals surface area contributed by atoms with Crippen LogP contribution in [0.3, 0.4) is 0 Å². The molecule has 3 heteroatoms. The third-order valence-corrected chi connectivity index (χ3v) is 11.2. The molecule has 158 valence electrons. The summed E-state index contributed by atoms with van der Waals surface area (Å²) in [5.74, 6) is 2.40. The highest BCUT2D eigenvalue weighted by Crippen LogP contribution is 2.78. The van der Waals surface area contributed by atoms with Gasteiger partial charge in [-0.2, -0.15) is 0 Å². The van der Waals surface area contributed by atoms with Crippen LogP contribution in [0.1, 0.15) is 72.6 Å². The Morgan fingerprint density at radius 3 is 2.66 bits per heavy atom. The van der Waals surface area contributed by atoms with E-state index in [0.29, 0.717) is 29.8 Å². The number of allylic oxidation sites excluding steroid dienone is 1. The molecule has 1 heterocycles. The van der Waals surface area contributed by atoms with Crippen molar-refractivity contribution in [3.8, 4) is 0 Å². The van der Waals surface area contributed by atoms with Gasteiger partial charge < -0.3 is 9.47 Å². The average Bonchev–Trinajstić information content (AvgIpc) is 3.25. The molecule has 3 nitrogen and oxygen atoms in total. The lowest BCUT2D eigenvalue weighted by Gasteiger charge is -2.66. The van der Waals surface area contributed by atoms with Gasteiger partial charge in [0.1, 0.15) is 0 Å². The number of methoxy groups -OCH3 is 1. The molecule has 0 bridgehead atoms. The average molecular weight is 397 g/mol. The molecule has 0 unspecified atom stereocenters. The molecule has 0 radical (unpaired) electrons. The Balaban J connectivity index is 1.45. The van der Waals surface area contributed by atoms with Crippen LogP contribution in [0, 0.1) is 39.4 Å². The van der Waals surface area contributed by atoms with E-state index in [1.807, 2.05) is 0 Å². The highest BCUT2D eigenvalue weighted by Gasteiger charge is 2.71. The van der Waals surface area contributed by atoms with Crippen molar-refractivity contribution in [3.05, 3.63) is 22.8 Å². The summed E-state index contributed by atoms with van der Waals surface area (Å²) in [6, 6.07) is 0. The molecule has 0 aromatic carbocycles. The predicted octanol–water partition coefficient (Wildman–Crippen LogP) is 5.45. The molecule has 0 aromatic rings. The van der Waals surface area contributed by atoms with Crippen LogP contribution in [0.25, 0.3) is 0 Å². The van der Waals surface area contributed by atoms with Gasteiger partial charge in [0.15, 0.2) is 0 Å². The molecular weight excluding hydrogens is 360 g/mol. The van der Waals surface area contributed by atoms with Crippen LogP contribution in [-0.2, 0) is 14.3 Å². The standard InChI is InChI=1S/C26H36O3/c1-23-10-8-15-13-25(15,3)18(23)9-11-24(2)19-7-6-16(22(27)28-5)17-14-29-21(12-20(23)24)26(17,19)4/h7,15,18,20-21H,6,8-14H2,1-5H3/t15-,18+,20+,21-,23-,24-,25+,26+/m0/s1. The van der Waals surface area contributed by atoms with Crippen LogP contribution >= 0.6 is 0 Å². The fourth-order valence-electron chi connectivity index (χ4n) is 9.66. The third kappa shape index (κ3) is 1.98. The van der Waals surface area contributed by atoms with Crippen LogP contribution in [0.4, 0.5) is 0 Å². The molecule has 0 aromatic heterocycles. The quantitative estimate of drug-likeness (QED) is 0.436. The minimum atomic E-state index is -0.163. The molecule has 6 rings (SSSR count). The first-order valence-corrected chi connectivity index (χ1v) is 11.8. The summed E-state index contributed by atoms with van der Waals surface area (Å²) in [5.41, 5.74) is 4.82. The van der Waals surface area contributed by atoms with Crippen molar-refractivity contribution in [2.24, 2.45) is 39.4 Å². The first-order valence-electron chi connectivity index (χ1n) is 11.8. The maximum Gasteiger partial charge on any atom is 0.334 e. The van der Waals surface area contributed by atoms with Gasteiger partial charge in [-0.3, -0.25) is 0 Å². The van der Waals surface area contributed by atoms with E-state index >= 15 is 0 Å². The fraction of sp³-hybridized carbons (Fsp3) is 0.808. The molecule has 0 amide bonds. The zero-order chi connectivity index (χ0) is 20.4. The molecule has 1 aliphatic heterocycles. The zero-order valence-electron chi connectivity index (χ0n) is 18.8. The van der Waals surface area contributed by atoms with Gasteiger partial charge >= 0.3 is 5.97 Å². The van der Waals surface area contributed by atoms with E-state index in [9.17, 15) is 4.79 Å². The van der Waals surface area contributed by atoms with Crippen molar-refractivity contribution in [3.63, 3.8) is 0 Å². The van der Waals surface area contributed by atoms with Crippen LogP contribution in [-0.4, -0.2) is 25.8 Å². The van der Waals surface area contributed by atoms with Gasteiger partial charge in [0.25, 0.3) is 0 Å². The summed E-state index contributed by atoms with van der Waals surface area (Å²) in [6.45, 7) is 10.8. The monoisotopic (exact) mass is 396 g/mol. The van der Waals surface area contributed by atoms with Crippen LogP contribution < -0.4 is 0 Å². The van der Waals surface area contributed by atoms with E-state index in [0.717, 1.165) is 23.8 Å². The van der Waals surface area contributed by atoms with E-state index in [1.54, 1.807) is 5.57 Å². The summed E-state index contributed by atoms with van der Waals surface area (Å²) >= 11 is 0. The normalized spacial score (nSPS) is 54.6. The number of carbonyl (C=O) groups is 1. The summed E-state index contributed by atoms with van der Waals surface area (Å²) in [5, 5.41) is 0. The van der Waals surface area contributed by atoms with Gasteiger partial charge in [-0.1, -0.05) is 32.4 Å². The number of ether oxygens (including phenoxy) is 2. The van der Waals surface area contributed by atoms with Gasteiger partial charge in [-0.25, -0.2) is 4.79 Å².